The van der Waals surface area contributed by atoms with E-state index in [-0.39, 0.29) is 21.4 Å². The molecule has 5 heteroatoms. The molecule has 0 N–H and O–H groups in total. The van der Waals surface area contributed by atoms with Crippen LogP contribution in [-0.4, -0.2) is 17.5 Å². The molecule has 1 aliphatic heterocycles. The molecule has 0 aromatic heterocycles. The summed E-state index contributed by atoms with van der Waals surface area (Å²) in [5, 5.41) is -0.143. The molecular weight excluding hydrogens is 288 g/mol. The number of Topliss-reactive ketones (excluding diaryl/α,β-unsaturated/α-hetero) is 1. The van der Waals surface area contributed by atoms with Crippen molar-refractivity contribution >= 4 is 35.2 Å². The van der Waals surface area contributed by atoms with Crippen molar-refractivity contribution < 1.29 is 9.18 Å². The van der Waals surface area contributed by atoms with Crippen molar-refractivity contribution in [2.75, 3.05) is 0 Å². The molecule has 1 atom stereocenters. The number of nitrogens with zero attached hydrogens (tertiary/aromatic N) is 1. The van der Waals surface area contributed by atoms with Gasteiger partial charge in [0.15, 0.2) is 5.78 Å². The van der Waals surface area contributed by atoms with E-state index in [0.29, 0.717) is 6.42 Å². The number of carbonyl (C=O) groups excluding carboxylic acids is 1. The summed E-state index contributed by atoms with van der Waals surface area (Å²) in [6.07, 6.45) is 6.40. The number of rotatable bonds is 4. The molecule has 1 unspecified atom stereocenters. The minimum absolute atomic E-state index is 0.0302. The van der Waals surface area contributed by atoms with Gasteiger partial charge in [-0.15, -0.1) is 0 Å². The lowest BCUT2D eigenvalue weighted by Crippen LogP contribution is -2.33. The van der Waals surface area contributed by atoms with Crippen LogP contribution in [0.5, 0.6) is 0 Å². The number of allylic oxidation sites excluding steroid dienone is 1. The van der Waals surface area contributed by atoms with Crippen LogP contribution in [-0.2, 0) is 0 Å². The van der Waals surface area contributed by atoms with E-state index in [1.54, 1.807) is 18.4 Å². The first-order valence-electron chi connectivity index (χ1n) is 5.92. The SMILES string of the molecule is CCCC1(C(=O)c2cc(F)c(Cl)c(Cl)c2)C=CC=N1. The van der Waals surface area contributed by atoms with Gasteiger partial charge < -0.3 is 0 Å². The molecule has 2 nitrogen and oxygen atoms in total. The highest BCUT2D eigenvalue weighted by atomic mass is 35.5. The minimum atomic E-state index is -0.932. The third-order valence-electron chi connectivity index (χ3n) is 3.03. The Morgan fingerprint density at radius 1 is 1.42 bits per heavy atom. The highest BCUT2D eigenvalue weighted by molar-refractivity contribution is 6.42. The van der Waals surface area contributed by atoms with Gasteiger partial charge in [0.2, 0.25) is 0 Å². The Hall–Kier alpha value is -1.19. The van der Waals surface area contributed by atoms with Crippen molar-refractivity contribution in [2.45, 2.75) is 25.3 Å². The Bertz CT molecular complexity index is 546. The van der Waals surface area contributed by atoms with Gasteiger partial charge in [-0.25, -0.2) is 4.39 Å². The number of hydrogen-bond donors (Lipinski definition) is 0. The summed E-state index contributed by atoms with van der Waals surface area (Å²) in [5.41, 5.74) is -0.748. The van der Waals surface area contributed by atoms with E-state index in [1.165, 1.54) is 6.07 Å². The molecule has 1 aromatic carbocycles. The average molecular weight is 300 g/mol. The molecule has 0 spiro atoms. The molecule has 1 aliphatic rings. The number of benzene rings is 1. The summed E-state index contributed by atoms with van der Waals surface area (Å²) in [6, 6.07) is 2.49. The summed E-state index contributed by atoms with van der Waals surface area (Å²) >= 11 is 11.5. The van der Waals surface area contributed by atoms with Crippen molar-refractivity contribution in [3.05, 3.63) is 45.7 Å². The Labute approximate surface area is 120 Å². The number of halogens is 3. The molecule has 0 radical (unpaired) electrons. The Morgan fingerprint density at radius 3 is 2.68 bits per heavy atom. The zero-order valence-corrected chi connectivity index (χ0v) is 11.8. The fourth-order valence-corrected chi connectivity index (χ4v) is 2.45. The maximum atomic E-state index is 13.6. The fraction of sp³-hybridized carbons (Fsp3) is 0.286. The van der Waals surface area contributed by atoms with E-state index in [1.807, 2.05) is 6.92 Å². The topological polar surface area (TPSA) is 29.4 Å². The smallest absolute Gasteiger partial charge is 0.194 e. The van der Waals surface area contributed by atoms with Crippen LogP contribution in [0.1, 0.15) is 30.1 Å². The molecule has 1 aromatic rings. The quantitative estimate of drug-likeness (QED) is 0.595. The number of hydrogen-bond acceptors (Lipinski definition) is 2. The lowest BCUT2D eigenvalue weighted by molar-refractivity contribution is 0.0917. The van der Waals surface area contributed by atoms with Gasteiger partial charge in [-0.3, -0.25) is 9.79 Å². The normalized spacial score (nSPS) is 21.1. The number of carbonyl (C=O) groups is 1. The van der Waals surface area contributed by atoms with Gasteiger partial charge >= 0.3 is 0 Å². The second-order valence-electron chi connectivity index (χ2n) is 4.39. The maximum absolute atomic E-state index is 13.6. The first kappa shape index (κ1) is 14.2. The highest BCUT2D eigenvalue weighted by Gasteiger charge is 2.36. The van der Waals surface area contributed by atoms with Crippen LogP contribution in [0.4, 0.5) is 4.39 Å². The molecule has 1 heterocycles. The van der Waals surface area contributed by atoms with Crippen molar-refractivity contribution in [2.24, 2.45) is 4.99 Å². The van der Waals surface area contributed by atoms with Gasteiger partial charge in [-0.2, -0.15) is 0 Å². The minimum Gasteiger partial charge on any atom is -0.291 e. The molecule has 0 bridgehead atoms. The number of aliphatic imine (C=N–C) groups is 1. The standard InChI is InChI=1S/C14H12Cl2FNO/c1-2-4-14(5-3-6-18-14)13(19)9-7-10(15)12(16)11(17)8-9/h3,5-8H,2,4H2,1H3. The molecule has 0 saturated heterocycles. The summed E-state index contributed by atoms with van der Waals surface area (Å²) < 4.78 is 13.6. The second-order valence-corrected chi connectivity index (χ2v) is 5.18. The molecular formula is C14H12Cl2FNO. The second kappa shape index (κ2) is 5.43. The van der Waals surface area contributed by atoms with Gasteiger partial charge in [0, 0.05) is 11.8 Å². The summed E-state index contributed by atoms with van der Waals surface area (Å²) in [5.74, 6) is -0.966. The van der Waals surface area contributed by atoms with Crippen LogP contribution in [0.3, 0.4) is 0 Å². The van der Waals surface area contributed by atoms with Crippen LogP contribution >= 0.6 is 23.2 Å². The van der Waals surface area contributed by atoms with Crippen molar-refractivity contribution in [3.63, 3.8) is 0 Å². The van der Waals surface area contributed by atoms with E-state index < -0.39 is 11.4 Å². The lowest BCUT2D eigenvalue weighted by atomic mass is 9.86. The molecule has 0 fully saturated rings. The van der Waals surface area contributed by atoms with E-state index in [4.69, 9.17) is 23.2 Å². The molecule has 0 aliphatic carbocycles. The molecule has 19 heavy (non-hydrogen) atoms. The predicted molar refractivity (Wildman–Crippen MR) is 76.0 cm³/mol. The Balaban J connectivity index is 2.44. The van der Waals surface area contributed by atoms with Crippen LogP contribution in [0.25, 0.3) is 0 Å². The van der Waals surface area contributed by atoms with Gasteiger partial charge in [-0.05, 0) is 30.7 Å². The largest absolute Gasteiger partial charge is 0.291 e. The first-order valence-corrected chi connectivity index (χ1v) is 6.68. The van der Waals surface area contributed by atoms with Crippen LogP contribution in [0.15, 0.2) is 29.3 Å². The summed E-state index contributed by atoms with van der Waals surface area (Å²) in [4.78, 5) is 16.8. The zero-order valence-electron chi connectivity index (χ0n) is 10.3. The van der Waals surface area contributed by atoms with Crippen LogP contribution < -0.4 is 0 Å². The van der Waals surface area contributed by atoms with Crippen LogP contribution in [0.2, 0.25) is 10.0 Å². The van der Waals surface area contributed by atoms with Crippen molar-refractivity contribution in [3.8, 4) is 0 Å². The van der Waals surface area contributed by atoms with Gasteiger partial charge in [0.05, 0.1) is 10.0 Å². The maximum Gasteiger partial charge on any atom is 0.194 e. The van der Waals surface area contributed by atoms with E-state index in [2.05, 4.69) is 4.99 Å². The lowest BCUT2D eigenvalue weighted by Gasteiger charge is -2.22. The van der Waals surface area contributed by atoms with Gasteiger partial charge in [0.25, 0.3) is 0 Å². The predicted octanol–water partition coefficient (Wildman–Crippen LogP) is 4.49. The van der Waals surface area contributed by atoms with E-state index in [0.717, 1.165) is 12.5 Å². The van der Waals surface area contributed by atoms with E-state index in [9.17, 15) is 9.18 Å². The number of ketones is 1. The molecule has 2 rings (SSSR count). The average Bonchev–Trinajstić information content (AvgIpc) is 2.84. The van der Waals surface area contributed by atoms with Crippen LogP contribution in [0, 0.1) is 5.82 Å². The van der Waals surface area contributed by atoms with E-state index >= 15 is 0 Å². The third-order valence-corrected chi connectivity index (χ3v) is 3.81. The monoisotopic (exact) mass is 299 g/mol. The first-order chi connectivity index (χ1) is 9.00. The van der Waals surface area contributed by atoms with Gasteiger partial charge in [-0.1, -0.05) is 36.5 Å². The summed E-state index contributed by atoms with van der Waals surface area (Å²) in [7, 11) is 0. The fourth-order valence-electron chi connectivity index (χ4n) is 2.13. The zero-order chi connectivity index (χ0) is 14.0. The highest BCUT2D eigenvalue weighted by Crippen LogP contribution is 2.32. The molecule has 0 saturated carbocycles. The van der Waals surface area contributed by atoms with Crippen molar-refractivity contribution in [1.82, 2.24) is 0 Å². The molecule has 0 amide bonds. The third kappa shape index (κ3) is 2.58. The Kier molecular flexibility index (Phi) is 4.07. The summed E-state index contributed by atoms with van der Waals surface area (Å²) in [6.45, 7) is 1.96. The van der Waals surface area contributed by atoms with Crippen molar-refractivity contribution in [1.29, 1.82) is 0 Å². The van der Waals surface area contributed by atoms with Gasteiger partial charge in [0.1, 0.15) is 11.4 Å². The Morgan fingerprint density at radius 2 is 2.16 bits per heavy atom. The molecule has 100 valence electrons.